The molecule has 0 heterocycles. The van der Waals surface area contributed by atoms with Gasteiger partial charge in [0.1, 0.15) is 0 Å². The first-order valence-electron chi connectivity index (χ1n) is 7.59. The fraction of sp³-hybridized carbons (Fsp3) is 0.368. The highest BCUT2D eigenvalue weighted by Crippen LogP contribution is 2.42. The molecule has 104 valence electrons. The molecule has 0 radical (unpaired) electrons. The molecule has 2 aromatic rings. The van der Waals surface area contributed by atoms with Gasteiger partial charge in [0.25, 0.3) is 0 Å². The van der Waals surface area contributed by atoms with Crippen LogP contribution >= 0.6 is 0 Å². The molecule has 20 heavy (non-hydrogen) atoms. The Morgan fingerprint density at radius 1 is 1.00 bits per heavy atom. The van der Waals surface area contributed by atoms with Crippen LogP contribution in [-0.4, -0.2) is 0 Å². The van der Waals surface area contributed by atoms with Crippen molar-refractivity contribution in [3.05, 3.63) is 71.3 Å². The Balaban J connectivity index is 1.82. The average Bonchev–Trinajstić information content (AvgIpc) is 2.43. The highest BCUT2D eigenvalue weighted by Gasteiger charge is 2.39. The molecule has 1 aliphatic carbocycles. The van der Waals surface area contributed by atoms with Crippen molar-refractivity contribution in [3.8, 4) is 0 Å². The molecule has 0 amide bonds. The normalized spacial score (nSPS) is 18.3. The van der Waals surface area contributed by atoms with E-state index in [2.05, 4.69) is 73.8 Å². The lowest BCUT2D eigenvalue weighted by molar-refractivity contribution is 0.167. The number of aryl methyl sites for hydroxylation is 1. The van der Waals surface area contributed by atoms with Crippen LogP contribution in [-0.2, 0) is 5.54 Å². The quantitative estimate of drug-likeness (QED) is 0.843. The fourth-order valence-corrected chi connectivity index (χ4v) is 3.24. The minimum atomic E-state index is 0.185. The Kier molecular flexibility index (Phi) is 3.62. The van der Waals surface area contributed by atoms with E-state index in [-0.39, 0.29) is 5.54 Å². The number of rotatable bonds is 4. The van der Waals surface area contributed by atoms with E-state index >= 15 is 0 Å². The van der Waals surface area contributed by atoms with E-state index in [9.17, 15) is 0 Å². The zero-order valence-corrected chi connectivity index (χ0v) is 12.4. The highest BCUT2D eigenvalue weighted by atomic mass is 15.0. The van der Waals surface area contributed by atoms with Gasteiger partial charge in [-0.05, 0) is 44.2 Å². The average molecular weight is 265 g/mol. The van der Waals surface area contributed by atoms with Crippen molar-refractivity contribution in [3.63, 3.8) is 0 Å². The molecule has 1 fully saturated rings. The molecule has 0 unspecified atom stereocenters. The van der Waals surface area contributed by atoms with E-state index in [1.165, 1.54) is 36.0 Å². The maximum atomic E-state index is 3.89. The lowest BCUT2D eigenvalue weighted by Gasteiger charge is -2.45. The molecular weight excluding hydrogens is 242 g/mol. The molecule has 0 spiro atoms. The SMILES string of the molecule is Cc1cccc([C@@H](C)NC2(c3ccccc3)CCC2)c1. The summed E-state index contributed by atoms with van der Waals surface area (Å²) in [6.07, 6.45) is 3.81. The molecular formula is C19H23N. The second kappa shape index (κ2) is 5.41. The topological polar surface area (TPSA) is 12.0 Å². The Morgan fingerprint density at radius 2 is 1.75 bits per heavy atom. The summed E-state index contributed by atoms with van der Waals surface area (Å²) in [5.41, 5.74) is 4.33. The van der Waals surface area contributed by atoms with Gasteiger partial charge in [-0.2, -0.15) is 0 Å². The van der Waals surface area contributed by atoms with Gasteiger partial charge in [0.05, 0.1) is 0 Å². The maximum Gasteiger partial charge on any atom is 0.0439 e. The molecule has 1 heteroatoms. The molecule has 0 saturated heterocycles. The molecule has 2 aromatic carbocycles. The van der Waals surface area contributed by atoms with Crippen LogP contribution < -0.4 is 5.32 Å². The summed E-state index contributed by atoms with van der Waals surface area (Å²) >= 11 is 0. The van der Waals surface area contributed by atoms with Gasteiger partial charge >= 0.3 is 0 Å². The van der Waals surface area contributed by atoms with Gasteiger partial charge in [-0.1, -0.05) is 60.2 Å². The number of benzene rings is 2. The number of hydrogen-bond donors (Lipinski definition) is 1. The van der Waals surface area contributed by atoms with Crippen molar-refractivity contribution in [1.29, 1.82) is 0 Å². The first-order valence-corrected chi connectivity index (χ1v) is 7.59. The van der Waals surface area contributed by atoms with Gasteiger partial charge in [-0.3, -0.25) is 0 Å². The summed E-state index contributed by atoms with van der Waals surface area (Å²) in [5, 5.41) is 3.89. The van der Waals surface area contributed by atoms with Gasteiger partial charge in [-0.15, -0.1) is 0 Å². The maximum absolute atomic E-state index is 3.89. The van der Waals surface area contributed by atoms with Gasteiger partial charge in [0.15, 0.2) is 0 Å². The minimum absolute atomic E-state index is 0.185. The van der Waals surface area contributed by atoms with Gasteiger partial charge in [-0.25, -0.2) is 0 Å². The second-order valence-corrected chi connectivity index (χ2v) is 6.08. The van der Waals surface area contributed by atoms with Gasteiger partial charge in [0, 0.05) is 11.6 Å². The zero-order chi connectivity index (χ0) is 14.0. The van der Waals surface area contributed by atoms with E-state index in [0.29, 0.717) is 6.04 Å². The molecule has 1 aliphatic rings. The number of nitrogens with one attached hydrogen (secondary N) is 1. The first-order chi connectivity index (χ1) is 9.70. The molecule has 1 nitrogen and oxygen atoms in total. The third kappa shape index (κ3) is 2.51. The smallest absolute Gasteiger partial charge is 0.0439 e. The summed E-state index contributed by atoms with van der Waals surface area (Å²) in [6.45, 7) is 4.43. The molecule has 1 N–H and O–H groups in total. The Labute approximate surface area is 122 Å². The Bertz CT molecular complexity index is 569. The second-order valence-electron chi connectivity index (χ2n) is 6.08. The summed E-state index contributed by atoms with van der Waals surface area (Å²) in [7, 11) is 0. The van der Waals surface area contributed by atoms with Crippen molar-refractivity contribution in [2.24, 2.45) is 0 Å². The highest BCUT2D eigenvalue weighted by molar-refractivity contribution is 5.30. The number of hydrogen-bond acceptors (Lipinski definition) is 1. The first kappa shape index (κ1) is 13.4. The molecule has 0 bridgehead atoms. The monoisotopic (exact) mass is 265 g/mol. The van der Waals surface area contributed by atoms with Crippen molar-refractivity contribution >= 4 is 0 Å². The van der Waals surface area contributed by atoms with Crippen molar-refractivity contribution < 1.29 is 0 Å². The van der Waals surface area contributed by atoms with E-state index in [4.69, 9.17) is 0 Å². The van der Waals surface area contributed by atoms with Crippen LogP contribution in [0.1, 0.15) is 48.9 Å². The van der Waals surface area contributed by atoms with Crippen LogP contribution in [0.3, 0.4) is 0 Å². The summed E-state index contributed by atoms with van der Waals surface area (Å²) in [5.74, 6) is 0. The van der Waals surface area contributed by atoms with E-state index in [1.54, 1.807) is 0 Å². The fourth-order valence-electron chi connectivity index (χ4n) is 3.24. The van der Waals surface area contributed by atoms with E-state index < -0.39 is 0 Å². The van der Waals surface area contributed by atoms with Crippen LogP contribution in [0.2, 0.25) is 0 Å². The summed E-state index contributed by atoms with van der Waals surface area (Å²) < 4.78 is 0. The third-order valence-electron chi connectivity index (χ3n) is 4.57. The van der Waals surface area contributed by atoms with Crippen LogP contribution in [0, 0.1) is 6.92 Å². The predicted molar refractivity (Wildman–Crippen MR) is 84.7 cm³/mol. The lowest BCUT2D eigenvalue weighted by atomic mass is 9.71. The molecule has 0 aromatic heterocycles. The Morgan fingerprint density at radius 3 is 2.35 bits per heavy atom. The third-order valence-corrected chi connectivity index (χ3v) is 4.57. The molecule has 1 atom stereocenters. The van der Waals surface area contributed by atoms with Crippen LogP contribution in [0.5, 0.6) is 0 Å². The van der Waals surface area contributed by atoms with Gasteiger partial charge in [0.2, 0.25) is 0 Å². The standard InChI is InChI=1S/C19H23N/c1-15-8-6-9-17(14-15)16(2)20-19(12-7-13-19)18-10-4-3-5-11-18/h3-6,8-11,14,16,20H,7,12-13H2,1-2H3/t16-/m1/s1. The largest absolute Gasteiger partial charge is 0.301 e. The van der Waals surface area contributed by atoms with E-state index in [1.807, 2.05) is 0 Å². The lowest BCUT2D eigenvalue weighted by Crippen LogP contribution is -2.48. The Hall–Kier alpha value is -1.60. The van der Waals surface area contributed by atoms with Crippen LogP contribution in [0.4, 0.5) is 0 Å². The van der Waals surface area contributed by atoms with Gasteiger partial charge < -0.3 is 5.32 Å². The zero-order valence-electron chi connectivity index (χ0n) is 12.4. The van der Waals surface area contributed by atoms with Crippen molar-refractivity contribution in [1.82, 2.24) is 5.32 Å². The molecule has 3 rings (SSSR count). The van der Waals surface area contributed by atoms with Crippen LogP contribution in [0.25, 0.3) is 0 Å². The summed E-state index contributed by atoms with van der Waals surface area (Å²) in [6, 6.07) is 20.1. The van der Waals surface area contributed by atoms with Crippen molar-refractivity contribution in [2.75, 3.05) is 0 Å². The van der Waals surface area contributed by atoms with E-state index in [0.717, 1.165) is 0 Å². The molecule has 1 saturated carbocycles. The van der Waals surface area contributed by atoms with Crippen LogP contribution in [0.15, 0.2) is 54.6 Å². The summed E-state index contributed by atoms with van der Waals surface area (Å²) in [4.78, 5) is 0. The van der Waals surface area contributed by atoms with Crippen molar-refractivity contribution in [2.45, 2.75) is 44.7 Å². The minimum Gasteiger partial charge on any atom is -0.301 e. The molecule has 0 aliphatic heterocycles. The predicted octanol–water partition coefficient (Wildman–Crippen LogP) is 4.73.